The van der Waals surface area contributed by atoms with Crippen molar-refractivity contribution in [3.05, 3.63) is 90.0 Å². The number of amides is 2. The lowest BCUT2D eigenvalue weighted by molar-refractivity contribution is -0.274. The Morgan fingerprint density at radius 1 is 0.730 bits per heavy atom. The van der Waals surface area contributed by atoms with Gasteiger partial charge >= 0.3 is 6.36 Å². The fourth-order valence-electron chi connectivity index (χ4n) is 4.76. The van der Waals surface area contributed by atoms with Gasteiger partial charge in [0.05, 0.1) is 0 Å². The van der Waals surface area contributed by atoms with E-state index in [1.54, 1.807) is 41.3 Å². The van der Waals surface area contributed by atoms with E-state index in [1.807, 2.05) is 35.2 Å². The van der Waals surface area contributed by atoms with Gasteiger partial charge in [0, 0.05) is 49.4 Å². The van der Waals surface area contributed by atoms with Crippen molar-refractivity contribution >= 4 is 11.8 Å². The second-order valence-electron chi connectivity index (χ2n) is 9.33. The van der Waals surface area contributed by atoms with Gasteiger partial charge in [-0.05, 0) is 53.9 Å². The number of benzene rings is 3. The predicted molar refractivity (Wildman–Crippen MR) is 132 cm³/mol. The minimum atomic E-state index is -4.73. The fourth-order valence-corrected chi connectivity index (χ4v) is 4.76. The van der Waals surface area contributed by atoms with Crippen LogP contribution in [-0.2, 0) is 0 Å². The number of alkyl halides is 3. The maximum atomic E-state index is 12.9. The molecule has 192 valence electrons. The van der Waals surface area contributed by atoms with Crippen LogP contribution in [0.1, 0.15) is 27.1 Å². The maximum absolute atomic E-state index is 12.9. The first kappa shape index (κ1) is 24.8. The summed E-state index contributed by atoms with van der Waals surface area (Å²) in [6.45, 7) is 2.57. The molecule has 0 radical (unpaired) electrons. The Morgan fingerprint density at radius 2 is 1.27 bits per heavy atom. The molecule has 2 saturated heterocycles. The molecule has 1 atom stereocenters. The highest BCUT2D eigenvalue weighted by molar-refractivity contribution is 5.95. The lowest BCUT2D eigenvalue weighted by atomic mass is 10.0. The summed E-state index contributed by atoms with van der Waals surface area (Å²) in [4.78, 5) is 29.1. The molecule has 0 aliphatic carbocycles. The molecule has 2 aliphatic rings. The molecule has 0 saturated carbocycles. The van der Waals surface area contributed by atoms with Crippen molar-refractivity contribution in [2.75, 3.05) is 26.2 Å². The van der Waals surface area contributed by atoms with Crippen molar-refractivity contribution in [2.45, 2.75) is 24.9 Å². The zero-order valence-electron chi connectivity index (χ0n) is 19.9. The smallest absolute Gasteiger partial charge is 0.406 e. The summed E-state index contributed by atoms with van der Waals surface area (Å²) >= 11 is 0. The number of hydrogen-bond donors (Lipinski definition) is 1. The Labute approximate surface area is 212 Å². The molecule has 1 N–H and O–H groups in total. The van der Waals surface area contributed by atoms with Crippen LogP contribution in [0.2, 0.25) is 0 Å². The molecule has 0 aromatic heterocycles. The van der Waals surface area contributed by atoms with Gasteiger partial charge in [0.25, 0.3) is 11.8 Å². The number of carbonyl (C=O) groups is 2. The molecule has 9 heteroatoms. The van der Waals surface area contributed by atoms with Gasteiger partial charge in [0.2, 0.25) is 0 Å². The number of nitrogens with zero attached hydrogens (tertiary/aromatic N) is 2. The fraction of sp³-hybridized carbons (Fsp3) is 0.286. The van der Waals surface area contributed by atoms with Crippen LogP contribution >= 0.6 is 0 Å². The largest absolute Gasteiger partial charge is 0.573 e. The number of hydrogen-bond acceptors (Lipinski definition) is 4. The second-order valence-corrected chi connectivity index (χ2v) is 9.33. The number of rotatable bonds is 6. The SMILES string of the molecule is O=C(c1ccc(-c2ccc(OC(F)(F)F)cc2)cc1)N1CC(N[C@H]2CCN(C(=O)c3ccccc3)C2)C1. The van der Waals surface area contributed by atoms with Gasteiger partial charge in [0.1, 0.15) is 5.75 Å². The van der Waals surface area contributed by atoms with Crippen LogP contribution in [-0.4, -0.2) is 66.2 Å². The van der Waals surface area contributed by atoms with Crippen LogP contribution in [0.15, 0.2) is 78.9 Å². The average Bonchev–Trinajstić information content (AvgIpc) is 3.34. The molecule has 0 spiro atoms. The Morgan fingerprint density at radius 3 is 1.89 bits per heavy atom. The number of halogens is 3. The number of nitrogens with one attached hydrogen (secondary N) is 1. The highest BCUT2D eigenvalue weighted by atomic mass is 19.4. The van der Waals surface area contributed by atoms with Gasteiger partial charge < -0.3 is 19.9 Å². The molecule has 37 heavy (non-hydrogen) atoms. The van der Waals surface area contributed by atoms with Crippen molar-refractivity contribution in [2.24, 2.45) is 0 Å². The normalized spacial score (nSPS) is 18.0. The number of carbonyl (C=O) groups excluding carboxylic acids is 2. The Hall–Kier alpha value is -3.85. The number of ether oxygens (including phenoxy) is 1. The quantitative estimate of drug-likeness (QED) is 0.529. The van der Waals surface area contributed by atoms with Crippen molar-refractivity contribution in [3.63, 3.8) is 0 Å². The Balaban J connectivity index is 1.09. The molecule has 2 amide bonds. The van der Waals surface area contributed by atoms with Crippen LogP contribution in [0, 0.1) is 0 Å². The minimum Gasteiger partial charge on any atom is -0.406 e. The Bertz CT molecular complexity index is 1240. The molecule has 0 bridgehead atoms. The summed E-state index contributed by atoms with van der Waals surface area (Å²) in [7, 11) is 0. The summed E-state index contributed by atoms with van der Waals surface area (Å²) in [5, 5.41) is 3.57. The summed E-state index contributed by atoms with van der Waals surface area (Å²) in [6.07, 6.45) is -3.85. The van der Waals surface area contributed by atoms with E-state index in [2.05, 4.69) is 10.1 Å². The molecule has 3 aromatic rings. The second kappa shape index (κ2) is 10.3. The van der Waals surface area contributed by atoms with Gasteiger partial charge in [-0.1, -0.05) is 42.5 Å². The lowest BCUT2D eigenvalue weighted by Gasteiger charge is -2.41. The predicted octanol–water partition coefficient (Wildman–Crippen LogP) is 4.58. The first-order valence-corrected chi connectivity index (χ1v) is 12.1. The van der Waals surface area contributed by atoms with Crippen LogP contribution < -0.4 is 10.1 Å². The van der Waals surface area contributed by atoms with Crippen LogP contribution in [0.3, 0.4) is 0 Å². The van der Waals surface area contributed by atoms with Crippen molar-refractivity contribution in [3.8, 4) is 16.9 Å². The van der Waals surface area contributed by atoms with Crippen molar-refractivity contribution < 1.29 is 27.5 Å². The molecule has 0 unspecified atom stereocenters. The van der Waals surface area contributed by atoms with Gasteiger partial charge in [0.15, 0.2) is 0 Å². The third-order valence-electron chi connectivity index (χ3n) is 6.69. The van der Waals surface area contributed by atoms with Crippen LogP contribution in [0.4, 0.5) is 13.2 Å². The van der Waals surface area contributed by atoms with E-state index in [0.717, 1.165) is 17.5 Å². The minimum absolute atomic E-state index is 0.0457. The topological polar surface area (TPSA) is 61.9 Å². The van der Waals surface area contributed by atoms with E-state index in [-0.39, 0.29) is 29.6 Å². The third-order valence-corrected chi connectivity index (χ3v) is 6.69. The van der Waals surface area contributed by atoms with Gasteiger partial charge in [-0.25, -0.2) is 0 Å². The molecule has 2 aliphatic heterocycles. The molecule has 2 fully saturated rings. The number of likely N-dealkylation sites (tertiary alicyclic amines) is 2. The van der Waals surface area contributed by atoms with E-state index in [1.165, 1.54) is 12.1 Å². The summed E-state index contributed by atoms with van der Waals surface area (Å²) in [5.41, 5.74) is 2.76. The molecule has 3 aromatic carbocycles. The molecular weight excluding hydrogens is 483 g/mol. The third kappa shape index (κ3) is 5.94. The van der Waals surface area contributed by atoms with E-state index in [9.17, 15) is 22.8 Å². The molecule has 5 rings (SSSR count). The van der Waals surface area contributed by atoms with Gasteiger partial charge in [-0.15, -0.1) is 13.2 Å². The van der Waals surface area contributed by atoms with Crippen molar-refractivity contribution in [1.82, 2.24) is 15.1 Å². The highest BCUT2D eigenvalue weighted by Gasteiger charge is 2.35. The lowest BCUT2D eigenvalue weighted by Crippen LogP contribution is -2.62. The zero-order chi connectivity index (χ0) is 26.0. The maximum Gasteiger partial charge on any atom is 0.573 e. The van der Waals surface area contributed by atoms with Crippen LogP contribution in [0.25, 0.3) is 11.1 Å². The Kier molecular flexibility index (Phi) is 6.88. The zero-order valence-corrected chi connectivity index (χ0v) is 19.9. The molecule has 6 nitrogen and oxygen atoms in total. The van der Waals surface area contributed by atoms with Crippen LogP contribution in [0.5, 0.6) is 5.75 Å². The standard InChI is InChI=1S/C28H26F3N3O3/c29-28(30,31)37-25-12-10-20(11-13-25)19-6-8-22(9-7-19)27(36)34-17-24(18-34)32-23-14-15-33(16-23)26(35)21-4-2-1-3-5-21/h1-13,23-24,32H,14-18H2/t23-/m0/s1. The first-order chi connectivity index (χ1) is 17.7. The van der Waals surface area contributed by atoms with Crippen molar-refractivity contribution in [1.29, 1.82) is 0 Å². The average molecular weight is 510 g/mol. The summed E-state index contributed by atoms with van der Waals surface area (Å²) < 4.78 is 40.9. The van der Waals surface area contributed by atoms with Gasteiger partial charge in [-0.3, -0.25) is 9.59 Å². The first-order valence-electron chi connectivity index (χ1n) is 12.1. The monoisotopic (exact) mass is 509 g/mol. The van der Waals surface area contributed by atoms with E-state index < -0.39 is 6.36 Å². The molecular formula is C28H26F3N3O3. The molecule has 2 heterocycles. The summed E-state index contributed by atoms with van der Waals surface area (Å²) in [6, 6.07) is 22.3. The highest BCUT2D eigenvalue weighted by Crippen LogP contribution is 2.27. The van der Waals surface area contributed by atoms with E-state index in [4.69, 9.17) is 0 Å². The summed E-state index contributed by atoms with van der Waals surface area (Å²) in [5.74, 6) is -0.299. The van der Waals surface area contributed by atoms with Gasteiger partial charge in [-0.2, -0.15) is 0 Å². The van der Waals surface area contributed by atoms with E-state index >= 15 is 0 Å². The van der Waals surface area contributed by atoms with E-state index in [0.29, 0.717) is 37.3 Å².